The zero-order valence-corrected chi connectivity index (χ0v) is 12.0. The first-order valence-electron chi connectivity index (χ1n) is 5.67. The van der Waals surface area contributed by atoms with E-state index in [0.717, 1.165) is 11.3 Å². The van der Waals surface area contributed by atoms with E-state index in [9.17, 15) is 0 Å². The summed E-state index contributed by atoms with van der Waals surface area (Å²) in [6, 6.07) is 9.95. The van der Waals surface area contributed by atoms with Crippen molar-refractivity contribution in [3.63, 3.8) is 0 Å². The van der Waals surface area contributed by atoms with Crippen molar-refractivity contribution in [1.29, 1.82) is 0 Å². The van der Waals surface area contributed by atoms with Gasteiger partial charge in [-0.15, -0.1) is 0 Å². The standard InChI is InChI=1S/C14H14Cl2N2/c1-14(2,3)10-6-4-9(5-7-10)11-8-12(15)18-13(16)17-11/h4-8H,1-3H3. The van der Waals surface area contributed by atoms with Crippen LogP contribution in [-0.4, -0.2) is 9.97 Å². The highest BCUT2D eigenvalue weighted by Crippen LogP contribution is 2.26. The maximum absolute atomic E-state index is 5.87. The quantitative estimate of drug-likeness (QED) is 0.557. The molecular weight excluding hydrogens is 267 g/mol. The molecule has 0 aliphatic rings. The van der Waals surface area contributed by atoms with Crippen LogP contribution in [0.4, 0.5) is 0 Å². The summed E-state index contributed by atoms with van der Waals surface area (Å²) in [7, 11) is 0. The molecule has 1 heterocycles. The third-order valence-corrected chi connectivity index (χ3v) is 3.08. The van der Waals surface area contributed by atoms with Crippen LogP contribution in [-0.2, 0) is 5.41 Å². The van der Waals surface area contributed by atoms with Crippen molar-refractivity contribution in [3.8, 4) is 11.3 Å². The Balaban J connectivity index is 2.40. The Kier molecular flexibility index (Phi) is 3.60. The van der Waals surface area contributed by atoms with E-state index in [1.54, 1.807) is 6.07 Å². The second-order valence-electron chi connectivity index (χ2n) is 5.17. The van der Waals surface area contributed by atoms with Crippen LogP contribution in [0.25, 0.3) is 11.3 Å². The molecule has 1 aromatic heterocycles. The molecule has 0 aliphatic heterocycles. The van der Waals surface area contributed by atoms with Crippen molar-refractivity contribution < 1.29 is 0 Å². The molecule has 0 unspecified atom stereocenters. The molecule has 2 rings (SSSR count). The zero-order valence-electron chi connectivity index (χ0n) is 10.5. The first-order valence-corrected chi connectivity index (χ1v) is 6.43. The van der Waals surface area contributed by atoms with Crippen molar-refractivity contribution in [2.45, 2.75) is 26.2 Å². The smallest absolute Gasteiger partial charge is 0.218 e. The molecule has 18 heavy (non-hydrogen) atoms. The number of benzene rings is 1. The summed E-state index contributed by atoms with van der Waals surface area (Å²) in [5.41, 5.74) is 3.13. The number of rotatable bonds is 1. The molecule has 4 heteroatoms. The minimum absolute atomic E-state index is 0.138. The van der Waals surface area contributed by atoms with E-state index in [2.05, 4.69) is 42.9 Å². The van der Waals surface area contributed by atoms with E-state index in [1.165, 1.54) is 5.56 Å². The number of hydrogen-bond donors (Lipinski definition) is 0. The average Bonchev–Trinajstić information content (AvgIpc) is 2.27. The lowest BCUT2D eigenvalue weighted by Gasteiger charge is -2.19. The van der Waals surface area contributed by atoms with Gasteiger partial charge in [0, 0.05) is 11.6 Å². The third kappa shape index (κ3) is 3.01. The Morgan fingerprint density at radius 1 is 0.944 bits per heavy atom. The Hall–Kier alpha value is -1.12. The molecule has 0 radical (unpaired) electrons. The van der Waals surface area contributed by atoms with Crippen LogP contribution < -0.4 is 0 Å². The molecule has 0 saturated heterocycles. The zero-order chi connectivity index (χ0) is 13.3. The monoisotopic (exact) mass is 280 g/mol. The van der Waals surface area contributed by atoms with Crippen LogP contribution in [0.2, 0.25) is 10.4 Å². The number of aromatic nitrogens is 2. The molecule has 0 amide bonds. The van der Waals surface area contributed by atoms with Crippen LogP contribution in [0.3, 0.4) is 0 Å². The highest BCUT2D eigenvalue weighted by atomic mass is 35.5. The maximum Gasteiger partial charge on any atom is 0.224 e. The minimum atomic E-state index is 0.138. The summed E-state index contributed by atoms with van der Waals surface area (Å²) in [4.78, 5) is 8.00. The van der Waals surface area contributed by atoms with E-state index < -0.39 is 0 Å². The molecular formula is C14H14Cl2N2. The maximum atomic E-state index is 5.87. The van der Waals surface area contributed by atoms with Gasteiger partial charge in [-0.05, 0) is 22.6 Å². The van der Waals surface area contributed by atoms with E-state index in [-0.39, 0.29) is 10.7 Å². The number of hydrogen-bond acceptors (Lipinski definition) is 2. The first-order chi connectivity index (χ1) is 8.36. The number of nitrogens with zero attached hydrogens (tertiary/aromatic N) is 2. The van der Waals surface area contributed by atoms with Gasteiger partial charge in [-0.25, -0.2) is 9.97 Å². The Bertz CT molecular complexity index is 537. The molecule has 0 saturated carbocycles. The fourth-order valence-electron chi connectivity index (χ4n) is 1.68. The van der Waals surface area contributed by atoms with Crippen molar-refractivity contribution in [2.75, 3.05) is 0 Å². The lowest BCUT2D eigenvalue weighted by Crippen LogP contribution is -2.10. The predicted octanol–water partition coefficient (Wildman–Crippen LogP) is 4.75. The Morgan fingerprint density at radius 2 is 1.56 bits per heavy atom. The Morgan fingerprint density at radius 3 is 2.06 bits per heavy atom. The van der Waals surface area contributed by atoms with Gasteiger partial charge in [0.25, 0.3) is 0 Å². The molecule has 2 aromatic rings. The van der Waals surface area contributed by atoms with Gasteiger partial charge in [0.2, 0.25) is 5.28 Å². The van der Waals surface area contributed by atoms with Gasteiger partial charge in [-0.1, -0.05) is 56.6 Å². The second kappa shape index (κ2) is 4.87. The van der Waals surface area contributed by atoms with E-state index in [0.29, 0.717) is 5.15 Å². The normalized spacial score (nSPS) is 11.6. The second-order valence-corrected chi connectivity index (χ2v) is 5.90. The van der Waals surface area contributed by atoms with Crippen LogP contribution >= 0.6 is 23.2 Å². The molecule has 0 bridgehead atoms. The van der Waals surface area contributed by atoms with Gasteiger partial charge in [-0.3, -0.25) is 0 Å². The average molecular weight is 281 g/mol. The molecule has 0 fully saturated rings. The molecule has 0 atom stereocenters. The first kappa shape index (κ1) is 13.3. The SMILES string of the molecule is CC(C)(C)c1ccc(-c2cc(Cl)nc(Cl)n2)cc1. The van der Waals surface area contributed by atoms with Crippen LogP contribution in [0.5, 0.6) is 0 Å². The third-order valence-electron chi connectivity index (χ3n) is 2.71. The van der Waals surface area contributed by atoms with Gasteiger partial charge in [-0.2, -0.15) is 0 Å². The van der Waals surface area contributed by atoms with Crippen molar-refractivity contribution in [3.05, 3.63) is 46.3 Å². The molecule has 0 N–H and O–H groups in total. The highest BCUT2D eigenvalue weighted by molar-refractivity contribution is 6.32. The van der Waals surface area contributed by atoms with Crippen LogP contribution in [0.15, 0.2) is 30.3 Å². The summed E-state index contributed by atoms with van der Waals surface area (Å²) in [5.74, 6) is 0. The van der Waals surface area contributed by atoms with Crippen molar-refractivity contribution >= 4 is 23.2 Å². The highest BCUT2D eigenvalue weighted by Gasteiger charge is 2.13. The lowest BCUT2D eigenvalue weighted by molar-refractivity contribution is 0.590. The molecule has 0 aliphatic carbocycles. The molecule has 2 nitrogen and oxygen atoms in total. The molecule has 94 valence electrons. The molecule has 1 aromatic carbocycles. The van der Waals surface area contributed by atoms with Gasteiger partial charge < -0.3 is 0 Å². The Labute approximate surface area is 117 Å². The fraction of sp³-hybridized carbons (Fsp3) is 0.286. The van der Waals surface area contributed by atoms with E-state index in [4.69, 9.17) is 23.2 Å². The van der Waals surface area contributed by atoms with Crippen molar-refractivity contribution in [2.24, 2.45) is 0 Å². The summed E-state index contributed by atoms with van der Waals surface area (Å²) in [6.45, 7) is 6.54. The summed E-state index contributed by atoms with van der Waals surface area (Å²) >= 11 is 11.7. The van der Waals surface area contributed by atoms with Gasteiger partial charge in [0.15, 0.2) is 0 Å². The van der Waals surface area contributed by atoms with E-state index >= 15 is 0 Å². The van der Waals surface area contributed by atoms with Gasteiger partial charge in [0.05, 0.1) is 5.69 Å². The summed E-state index contributed by atoms with van der Waals surface area (Å²) < 4.78 is 0. The summed E-state index contributed by atoms with van der Waals surface area (Å²) in [6.07, 6.45) is 0. The topological polar surface area (TPSA) is 25.8 Å². The van der Waals surface area contributed by atoms with E-state index in [1.807, 2.05) is 12.1 Å². The lowest BCUT2D eigenvalue weighted by atomic mass is 9.86. The summed E-state index contributed by atoms with van der Waals surface area (Å²) in [5, 5.41) is 0.516. The largest absolute Gasteiger partial charge is 0.224 e. The minimum Gasteiger partial charge on any atom is -0.218 e. The fourth-order valence-corrected chi connectivity index (χ4v) is 2.09. The molecule has 0 spiro atoms. The van der Waals surface area contributed by atoms with Crippen LogP contribution in [0, 0.1) is 0 Å². The van der Waals surface area contributed by atoms with Crippen LogP contribution in [0.1, 0.15) is 26.3 Å². The van der Waals surface area contributed by atoms with Gasteiger partial charge in [0.1, 0.15) is 5.15 Å². The number of halogens is 2. The van der Waals surface area contributed by atoms with Gasteiger partial charge >= 0.3 is 0 Å². The van der Waals surface area contributed by atoms with Crippen molar-refractivity contribution in [1.82, 2.24) is 9.97 Å². The predicted molar refractivity (Wildman–Crippen MR) is 76.2 cm³/mol.